The lowest BCUT2D eigenvalue weighted by molar-refractivity contribution is -0.135. The number of hydrogen-bond acceptors (Lipinski definition) is 4. The standard InChI is InChI=1S/C32H34FN3O3/c33-27-15-13-25(14-16-27)28-21-29(28)34-17-20-39-22-30(32(38)36-18-5-2-6-19-36)35-31(37)26-11-9-24(10-12-26)23-7-3-1-4-8-23/h1,3-4,7-16,30,34H,2,5-6,17-22H2,(H,35,37)/t30-/m0/s1. The van der Waals surface area contributed by atoms with Crippen molar-refractivity contribution in [3.05, 3.63) is 102 Å². The summed E-state index contributed by atoms with van der Waals surface area (Å²) in [4.78, 5) is 28.2. The minimum absolute atomic E-state index is 0.0968. The van der Waals surface area contributed by atoms with Crippen molar-refractivity contribution in [1.29, 1.82) is 0 Å². The molecule has 6 nitrogen and oxygen atoms in total. The molecule has 2 amide bonds. The summed E-state index contributed by atoms with van der Waals surface area (Å²) in [6.07, 6.45) is 3.92. The van der Waals surface area contributed by atoms with Gasteiger partial charge in [0.2, 0.25) is 5.91 Å². The van der Waals surface area contributed by atoms with Crippen molar-refractivity contribution >= 4 is 17.4 Å². The van der Waals surface area contributed by atoms with Gasteiger partial charge < -0.3 is 20.3 Å². The van der Waals surface area contributed by atoms with Crippen LogP contribution in [0.15, 0.2) is 84.6 Å². The van der Waals surface area contributed by atoms with E-state index in [1.54, 1.807) is 24.3 Å². The van der Waals surface area contributed by atoms with Crippen LogP contribution in [0.3, 0.4) is 0 Å². The third-order valence-electron chi connectivity index (χ3n) is 7.18. The van der Waals surface area contributed by atoms with Crippen molar-refractivity contribution in [1.82, 2.24) is 15.5 Å². The van der Waals surface area contributed by atoms with Crippen LogP contribution in [0.25, 0.3) is 16.7 Å². The van der Waals surface area contributed by atoms with E-state index in [2.05, 4.69) is 10.6 Å². The van der Waals surface area contributed by atoms with Crippen molar-refractivity contribution in [2.75, 3.05) is 32.8 Å². The van der Waals surface area contributed by atoms with Gasteiger partial charge in [-0.25, -0.2) is 4.39 Å². The Kier molecular flexibility index (Phi) is 8.68. The molecule has 0 bridgehead atoms. The van der Waals surface area contributed by atoms with E-state index >= 15 is 0 Å². The zero-order valence-electron chi connectivity index (χ0n) is 22.0. The van der Waals surface area contributed by atoms with E-state index in [1.807, 2.05) is 47.4 Å². The van der Waals surface area contributed by atoms with Crippen LogP contribution in [0.4, 0.5) is 4.39 Å². The highest BCUT2D eigenvalue weighted by Crippen LogP contribution is 2.37. The number of halogens is 1. The minimum atomic E-state index is -0.751. The van der Waals surface area contributed by atoms with Gasteiger partial charge in [0.05, 0.1) is 13.2 Å². The van der Waals surface area contributed by atoms with Gasteiger partial charge in [-0.15, -0.1) is 0 Å². The van der Waals surface area contributed by atoms with Crippen LogP contribution >= 0.6 is 0 Å². The van der Waals surface area contributed by atoms with Crippen LogP contribution in [0.5, 0.6) is 0 Å². The summed E-state index contributed by atoms with van der Waals surface area (Å²) in [5.74, 6) is -0.632. The molecule has 2 N–H and O–H groups in total. The fourth-order valence-electron chi connectivity index (χ4n) is 4.90. The average Bonchev–Trinajstić information content (AvgIpc) is 3.77. The maximum absolute atomic E-state index is 13.3. The van der Waals surface area contributed by atoms with Crippen LogP contribution < -0.4 is 10.6 Å². The van der Waals surface area contributed by atoms with E-state index in [9.17, 15) is 14.0 Å². The summed E-state index contributed by atoms with van der Waals surface area (Å²) >= 11 is 0. The Morgan fingerprint density at radius 2 is 1.51 bits per heavy atom. The lowest BCUT2D eigenvalue weighted by Gasteiger charge is -2.30. The summed E-state index contributed by atoms with van der Waals surface area (Å²) in [7, 11) is 0. The number of nitrogens with one attached hydrogen (secondary N) is 2. The molecule has 5 rings (SSSR count). The van der Waals surface area contributed by atoms with Crippen LogP contribution in [-0.4, -0.2) is 55.6 Å². The van der Waals surface area contributed by atoms with E-state index in [0.717, 1.165) is 48.1 Å². The first-order valence-electron chi connectivity index (χ1n) is 13.6. The SMILES string of the molecule is O=C(N[C@@H](COCCNC1=C(c2ccc(F)cc2)C1)C(=O)N1CCCCC1)c1ccc(-c2ccccc2)cc1. The first kappa shape index (κ1) is 26.6. The smallest absolute Gasteiger partial charge is 0.251 e. The van der Waals surface area contributed by atoms with Crippen molar-refractivity contribution in [3.8, 4) is 11.1 Å². The number of amides is 2. The topological polar surface area (TPSA) is 70.7 Å². The Morgan fingerprint density at radius 1 is 0.846 bits per heavy atom. The number of likely N-dealkylation sites (tertiary alicyclic amines) is 1. The molecule has 0 unspecified atom stereocenters. The largest absolute Gasteiger partial charge is 0.386 e. The van der Waals surface area contributed by atoms with E-state index in [4.69, 9.17) is 4.74 Å². The summed E-state index contributed by atoms with van der Waals surface area (Å²) in [6.45, 7) is 2.50. The van der Waals surface area contributed by atoms with Gasteiger partial charge in [-0.3, -0.25) is 9.59 Å². The molecule has 39 heavy (non-hydrogen) atoms. The zero-order valence-corrected chi connectivity index (χ0v) is 22.0. The Balaban J connectivity index is 1.15. The van der Waals surface area contributed by atoms with Crippen LogP contribution in [0.2, 0.25) is 0 Å². The predicted octanol–water partition coefficient (Wildman–Crippen LogP) is 5.02. The molecule has 0 aromatic heterocycles. The van der Waals surface area contributed by atoms with Gasteiger partial charge in [0, 0.05) is 37.3 Å². The Morgan fingerprint density at radius 3 is 2.23 bits per heavy atom. The van der Waals surface area contributed by atoms with Gasteiger partial charge in [-0.1, -0.05) is 54.6 Å². The maximum Gasteiger partial charge on any atom is 0.251 e. The van der Waals surface area contributed by atoms with Crippen LogP contribution in [-0.2, 0) is 9.53 Å². The Bertz CT molecular complexity index is 1300. The molecule has 3 aromatic carbocycles. The number of nitrogens with zero attached hydrogens (tertiary/aromatic N) is 1. The fourth-order valence-corrected chi connectivity index (χ4v) is 4.90. The second-order valence-electron chi connectivity index (χ2n) is 10.00. The third kappa shape index (κ3) is 7.12. The summed E-state index contributed by atoms with van der Waals surface area (Å²) in [5, 5.41) is 6.27. The number of hydrogen-bond donors (Lipinski definition) is 2. The predicted molar refractivity (Wildman–Crippen MR) is 150 cm³/mol. The van der Waals surface area contributed by atoms with Gasteiger partial charge in [0.25, 0.3) is 5.91 Å². The molecule has 0 saturated carbocycles. The fraction of sp³-hybridized carbons (Fsp3) is 0.312. The monoisotopic (exact) mass is 527 g/mol. The molecule has 1 saturated heterocycles. The maximum atomic E-state index is 13.3. The molecule has 0 radical (unpaired) electrons. The normalized spacial score (nSPS) is 15.6. The molecular weight excluding hydrogens is 493 g/mol. The van der Waals surface area contributed by atoms with Crippen LogP contribution in [0.1, 0.15) is 41.6 Å². The van der Waals surface area contributed by atoms with Crippen molar-refractivity contribution < 1.29 is 18.7 Å². The minimum Gasteiger partial charge on any atom is -0.386 e. The van der Waals surface area contributed by atoms with Crippen molar-refractivity contribution in [3.63, 3.8) is 0 Å². The van der Waals surface area contributed by atoms with Gasteiger partial charge in [-0.05, 0) is 65.8 Å². The summed E-state index contributed by atoms with van der Waals surface area (Å²) in [6, 6.07) is 23.1. The molecular formula is C32H34FN3O3. The molecule has 1 aliphatic carbocycles. The number of allylic oxidation sites excluding steroid dienone is 2. The summed E-state index contributed by atoms with van der Waals surface area (Å²) < 4.78 is 19.0. The third-order valence-corrected chi connectivity index (χ3v) is 7.18. The first-order chi connectivity index (χ1) is 19.1. The van der Waals surface area contributed by atoms with E-state index < -0.39 is 6.04 Å². The average molecular weight is 528 g/mol. The van der Waals surface area contributed by atoms with Crippen molar-refractivity contribution in [2.45, 2.75) is 31.7 Å². The quantitative estimate of drug-likeness (QED) is 0.344. The molecule has 0 spiro atoms. The molecule has 7 heteroatoms. The number of carbonyl (C=O) groups excluding carboxylic acids is 2. The number of rotatable bonds is 11. The molecule has 1 fully saturated rings. The van der Waals surface area contributed by atoms with Crippen molar-refractivity contribution in [2.24, 2.45) is 0 Å². The Labute approximate surface area is 228 Å². The number of benzene rings is 3. The highest BCUT2D eigenvalue weighted by Gasteiger charge is 2.28. The molecule has 1 atom stereocenters. The van der Waals surface area contributed by atoms with E-state index in [-0.39, 0.29) is 24.2 Å². The van der Waals surface area contributed by atoms with Gasteiger partial charge in [0.15, 0.2) is 0 Å². The number of ether oxygens (including phenoxy) is 1. The van der Waals surface area contributed by atoms with Gasteiger partial charge in [-0.2, -0.15) is 0 Å². The second-order valence-corrected chi connectivity index (χ2v) is 10.00. The first-order valence-corrected chi connectivity index (χ1v) is 13.6. The lowest BCUT2D eigenvalue weighted by Crippen LogP contribution is -2.52. The second kappa shape index (κ2) is 12.7. The summed E-state index contributed by atoms with van der Waals surface area (Å²) in [5.41, 5.74) is 5.93. The molecule has 3 aromatic rings. The number of carbonyl (C=O) groups is 2. The van der Waals surface area contributed by atoms with Gasteiger partial charge in [0.1, 0.15) is 11.9 Å². The molecule has 1 heterocycles. The number of piperidine rings is 1. The van der Waals surface area contributed by atoms with E-state index in [1.165, 1.54) is 17.7 Å². The van der Waals surface area contributed by atoms with E-state index in [0.29, 0.717) is 31.8 Å². The van der Waals surface area contributed by atoms with Crippen LogP contribution in [0, 0.1) is 5.82 Å². The molecule has 202 valence electrons. The Hall–Kier alpha value is -3.97. The lowest BCUT2D eigenvalue weighted by atomic mass is 10.0. The zero-order chi connectivity index (χ0) is 27.0. The highest BCUT2D eigenvalue weighted by atomic mass is 19.1. The molecule has 1 aliphatic heterocycles. The highest BCUT2D eigenvalue weighted by molar-refractivity contribution is 5.98. The molecule has 2 aliphatic rings. The van der Waals surface area contributed by atoms with Gasteiger partial charge >= 0.3 is 0 Å².